The van der Waals surface area contributed by atoms with E-state index in [4.69, 9.17) is 10.8 Å². The van der Waals surface area contributed by atoms with Gasteiger partial charge in [0.15, 0.2) is 0 Å². The van der Waals surface area contributed by atoms with E-state index in [1.165, 1.54) is 0 Å². The lowest BCUT2D eigenvalue weighted by molar-refractivity contribution is -0.125. The number of thioether (sulfide) groups is 1. The smallest absolute Gasteiger partial charge is 0.224 e. The molecule has 3 unspecified atom stereocenters. The molecule has 1 amide bonds. The molecule has 0 aromatic carbocycles. The summed E-state index contributed by atoms with van der Waals surface area (Å²) in [6, 6.07) is -0.0295. The van der Waals surface area contributed by atoms with Crippen molar-refractivity contribution < 1.29 is 9.90 Å². The maximum Gasteiger partial charge on any atom is 0.224 e. The lowest BCUT2D eigenvalue weighted by atomic mass is 10.1. The summed E-state index contributed by atoms with van der Waals surface area (Å²) in [6.07, 6.45) is 2.67. The van der Waals surface area contributed by atoms with Gasteiger partial charge in [-0.15, -0.1) is 0 Å². The molecule has 0 aliphatic heterocycles. The molecule has 4 N–H and O–H groups in total. The van der Waals surface area contributed by atoms with Crippen molar-refractivity contribution in [3.8, 4) is 0 Å². The van der Waals surface area contributed by atoms with E-state index in [1.54, 1.807) is 11.8 Å². The molecule has 0 aliphatic rings. The molecule has 0 radical (unpaired) electrons. The highest BCUT2D eigenvalue weighted by molar-refractivity contribution is 7.99. The molecule has 0 aromatic heterocycles. The topological polar surface area (TPSA) is 75.4 Å². The van der Waals surface area contributed by atoms with Crippen LogP contribution in [0.15, 0.2) is 0 Å². The van der Waals surface area contributed by atoms with Crippen LogP contribution in [0.3, 0.4) is 0 Å². The van der Waals surface area contributed by atoms with Crippen molar-refractivity contribution in [2.24, 2.45) is 11.7 Å². The second kappa shape index (κ2) is 7.96. The third-order valence-electron chi connectivity index (χ3n) is 2.56. The molecule has 0 fully saturated rings. The largest absolute Gasteiger partial charge is 0.395 e. The van der Waals surface area contributed by atoms with Crippen molar-refractivity contribution in [3.05, 3.63) is 0 Å². The molecule has 3 atom stereocenters. The van der Waals surface area contributed by atoms with Crippen LogP contribution in [0.2, 0.25) is 0 Å². The summed E-state index contributed by atoms with van der Waals surface area (Å²) in [4.78, 5) is 11.7. The maximum atomic E-state index is 11.7. The molecule has 0 heterocycles. The number of hydrogen-bond donors (Lipinski definition) is 3. The van der Waals surface area contributed by atoms with E-state index in [0.717, 1.165) is 6.42 Å². The number of rotatable bonds is 7. The highest BCUT2D eigenvalue weighted by Gasteiger charge is 2.21. The Morgan fingerprint density at radius 2 is 2.20 bits per heavy atom. The van der Waals surface area contributed by atoms with Crippen LogP contribution in [0, 0.1) is 5.92 Å². The fourth-order valence-corrected chi connectivity index (χ4v) is 1.96. The van der Waals surface area contributed by atoms with E-state index in [1.807, 2.05) is 20.1 Å². The number of carbonyl (C=O) groups is 1. The molecule has 0 aromatic rings. The average Bonchev–Trinajstić information content (AvgIpc) is 2.21. The zero-order chi connectivity index (χ0) is 11.8. The zero-order valence-corrected chi connectivity index (χ0v) is 10.5. The van der Waals surface area contributed by atoms with Gasteiger partial charge in [0.2, 0.25) is 5.91 Å². The Balaban J connectivity index is 4.15. The van der Waals surface area contributed by atoms with E-state index in [9.17, 15) is 4.79 Å². The van der Waals surface area contributed by atoms with Crippen molar-refractivity contribution in [1.82, 2.24) is 5.32 Å². The van der Waals surface area contributed by atoms with Crippen molar-refractivity contribution in [2.75, 3.05) is 19.4 Å². The molecule has 0 saturated heterocycles. The van der Waals surface area contributed by atoms with Crippen LogP contribution >= 0.6 is 11.8 Å². The molecule has 5 heteroatoms. The van der Waals surface area contributed by atoms with Crippen LogP contribution in [-0.4, -0.2) is 41.7 Å². The van der Waals surface area contributed by atoms with Crippen LogP contribution in [0.4, 0.5) is 0 Å². The minimum Gasteiger partial charge on any atom is -0.395 e. The van der Waals surface area contributed by atoms with E-state index in [2.05, 4.69) is 5.32 Å². The van der Waals surface area contributed by atoms with Crippen molar-refractivity contribution >= 4 is 17.7 Å². The standard InChI is InChI=1S/C10H22N2O2S/c1-4-8(5-11)10(14)12-7(2)9(6-13)15-3/h7-9,13H,4-6,11H2,1-3H3,(H,12,14). The fraction of sp³-hybridized carbons (Fsp3) is 0.900. The number of aliphatic hydroxyl groups is 1. The first-order valence-electron chi connectivity index (χ1n) is 5.24. The molecule has 4 nitrogen and oxygen atoms in total. The van der Waals surface area contributed by atoms with Crippen LogP contribution in [-0.2, 0) is 4.79 Å². The summed E-state index contributed by atoms with van der Waals surface area (Å²) in [5.74, 6) is -0.131. The lowest BCUT2D eigenvalue weighted by Crippen LogP contribution is -2.45. The molecular weight excluding hydrogens is 212 g/mol. The van der Waals surface area contributed by atoms with Gasteiger partial charge in [0.25, 0.3) is 0 Å². The third-order valence-corrected chi connectivity index (χ3v) is 3.72. The van der Waals surface area contributed by atoms with Crippen LogP contribution < -0.4 is 11.1 Å². The predicted molar refractivity (Wildman–Crippen MR) is 64.8 cm³/mol. The zero-order valence-electron chi connectivity index (χ0n) is 9.69. The molecule has 0 bridgehead atoms. The van der Waals surface area contributed by atoms with Gasteiger partial charge in [-0.1, -0.05) is 6.92 Å². The Morgan fingerprint density at radius 1 is 1.60 bits per heavy atom. The summed E-state index contributed by atoms with van der Waals surface area (Å²) in [5.41, 5.74) is 5.49. The van der Waals surface area contributed by atoms with Gasteiger partial charge in [0.1, 0.15) is 0 Å². The number of carbonyl (C=O) groups excluding carboxylic acids is 1. The highest BCUT2D eigenvalue weighted by atomic mass is 32.2. The quantitative estimate of drug-likeness (QED) is 0.588. The SMILES string of the molecule is CCC(CN)C(=O)NC(C)C(CO)SC. The first-order valence-corrected chi connectivity index (χ1v) is 6.53. The average molecular weight is 234 g/mol. The van der Waals surface area contributed by atoms with Gasteiger partial charge in [-0.25, -0.2) is 0 Å². The van der Waals surface area contributed by atoms with Crippen molar-refractivity contribution in [3.63, 3.8) is 0 Å². The van der Waals surface area contributed by atoms with Crippen LogP contribution in [0.5, 0.6) is 0 Å². The van der Waals surface area contributed by atoms with Gasteiger partial charge in [-0.2, -0.15) is 11.8 Å². The molecule has 0 spiro atoms. The summed E-state index contributed by atoms with van der Waals surface area (Å²) in [6.45, 7) is 4.29. The van der Waals surface area contributed by atoms with Crippen molar-refractivity contribution in [2.45, 2.75) is 31.6 Å². The van der Waals surface area contributed by atoms with E-state index < -0.39 is 0 Å². The number of hydrogen-bond acceptors (Lipinski definition) is 4. The molecule has 0 aliphatic carbocycles. The summed E-state index contributed by atoms with van der Waals surface area (Å²) >= 11 is 1.55. The number of nitrogens with two attached hydrogens (primary N) is 1. The first kappa shape index (κ1) is 14.7. The van der Waals surface area contributed by atoms with E-state index >= 15 is 0 Å². The molecule has 90 valence electrons. The molecule has 15 heavy (non-hydrogen) atoms. The first-order chi connectivity index (χ1) is 7.10. The minimum atomic E-state index is -0.117. The van der Waals surface area contributed by atoms with Gasteiger partial charge in [-0.3, -0.25) is 4.79 Å². The lowest BCUT2D eigenvalue weighted by Gasteiger charge is -2.23. The second-order valence-corrected chi connectivity index (χ2v) is 4.67. The monoisotopic (exact) mass is 234 g/mol. The predicted octanol–water partition coefficient (Wildman–Crippen LogP) is 0.200. The third kappa shape index (κ3) is 4.86. The van der Waals surface area contributed by atoms with Crippen molar-refractivity contribution in [1.29, 1.82) is 0 Å². The number of aliphatic hydroxyl groups excluding tert-OH is 1. The Labute approximate surface area is 96.0 Å². The van der Waals surface area contributed by atoms with Gasteiger partial charge in [0.05, 0.1) is 6.61 Å². The fourth-order valence-electron chi connectivity index (χ4n) is 1.33. The second-order valence-electron chi connectivity index (χ2n) is 3.59. The number of nitrogens with one attached hydrogen (secondary N) is 1. The van der Waals surface area contributed by atoms with Gasteiger partial charge < -0.3 is 16.2 Å². The van der Waals surface area contributed by atoms with Gasteiger partial charge in [-0.05, 0) is 19.6 Å². The Kier molecular flexibility index (Phi) is 7.82. The van der Waals surface area contributed by atoms with Crippen LogP contribution in [0.25, 0.3) is 0 Å². The molecular formula is C10H22N2O2S. The highest BCUT2D eigenvalue weighted by Crippen LogP contribution is 2.11. The summed E-state index contributed by atoms with van der Waals surface area (Å²) in [7, 11) is 0. The Bertz CT molecular complexity index is 182. The Morgan fingerprint density at radius 3 is 2.53 bits per heavy atom. The van der Waals surface area contributed by atoms with Gasteiger partial charge in [0, 0.05) is 23.8 Å². The van der Waals surface area contributed by atoms with Crippen LogP contribution in [0.1, 0.15) is 20.3 Å². The summed E-state index contributed by atoms with van der Waals surface area (Å²) in [5, 5.41) is 12.0. The Hall–Kier alpha value is -0.260. The normalized spacial score (nSPS) is 16.9. The summed E-state index contributed by atoms with van der Waals surface area (Å²) < 4.78 is 0. The van der Waals surface area contributed by atoms with E-state index in [-0.39, 0.29) is 29.7 Å². The maximum absolute atomic E-state index is 11.7. The number of amides is 1. The molecule has 0 saturated carbocycles. The molecule has 0 rings (SSSR count). The van der Waals surface area contributed by atoms with Gasteiger partial charge >= 0.3 is 0 Å². The minimum absolute atomic E-state index is 0.0139. The van der Waals surface area contributed by atoms with E-state index in [0.29, 0.717) is 6.54 Å².